The molecule has 0 aliphatic rings. The van der Waals surface area contributed by atoms with Crippen LogP contribution in [0.3, 0.4) is 0 Å². The van der Waals surface area contributed by atoms with Gasteiger partial charge in [0.2, 0.25) is 5.88 Å². The fourth-order valence-corrected chi connectivity index (χ4v) is 1.34. The average Bonchev–Trinajstić information content (AvgIpc) is 2.56. The number of aromatic nitrogens is 1. The van der Waals surface area contributed by atoms with Crippen LogP contribution in [0.15, 0.2) is 28.9 Å². The highest BCUT2D eigenvalue weighted by Gasteiger charge is 2.10. The molecular weight excluding hydrogens is 183 g/mol. The summed E-state index contributed by atoms with van der Waals surface area (Å²) in [4.78, 5) is 0. The molecule has 0 spiro atoms. The fourth-order valence-electron chi connectivity index (χ4n) is 1.34. The van der Waals surface area contributed by atoms with Crippen molar-refractivity contribution in [1.82, 2.24) is 5.16 Å². The smallest absolute Gasteiger partial charge is 0.229 e. The van der Waals surface area contributed by atoms with Crippen molar-refractivity contribution in [3.63, 3.8) is 0 Å². The van der Waals surface area contributed by atoms with E-state index in [0.29, 0.717) is 11.1 Å². The lowest BCUT2D eigenvalue weighted by Crippen LogP contribution is -1.88. The van der Waals surface area contributed by atoms with Gasteiger partial charge in [0.15, 0.2) is 0 Å². The van der Waals surface area contributed by atoms with Gasteiger partial charge in [0.05, 0.1) is 11.8 Å². The largest absolute Gasteiger partial charge is 0.367 e. The molecule has 3 nitrogen and oxygen atoms in total. The molecule has 1 aromatic heterocycles. The summed E-state index contributed by atoms with van der Waals surface area (Å²) >= 11 is 0. The maximum Gasteiger partial charge on any atom is 0.229 e. The van der Waals surface area contributed by atoms with Crippen molar-refractivity contribution in [3.8, 4) is 11.1 Å². The first kappa shape index (κ1) is 8.74. The fraction of sp³-hybridized carbons (Fsp3) is 0.100. The summed E-state index contributed by atoms with van der Waals surface area (Å²) in [5, 5.41) is 3.55. The minimum Gasteiger partial charge on any atom is -0.367 e. The normalized spacial score (nSPS) is 10.4. The lowest BCUT2D eigenvalue weighted by molar-refractivity contribution is 0.436. The van der Waals surface area contributed by atoms with E-state index in [0.717, 1.165) is 5.56 Å². The van der Waals surface area contributed by atoms with Crippen LogP contribution in [0.2, 0.25) is 0 Å². The van der Waals surface area contributed by atoms with Crippen LogP contribution in [0.1, 0.15) is 5.56 Å². The quantitative estimate of drug-likeness (QED) is 0.754. The van der Waals surface area contributed by atoms with Crippen LogP contribution < -0.4 is 5.73 Å². The third-order valence-corrected chi connectivity index (χ3v) is 2.09. The predicted octanol–water partition coefficient (Wildman–Crippen LogP) is 2.37. The molecule has 0 amide bonds. The third kappa shape index (κ3) is 1.35. The second-order valence-corrected chi connectivity index (χ2v) is 3.06. The van der Waals surface area contributed by atoms with Crippen molar-refractivity contribution in [3.05, 3.63) is 35.8 Å². The van der Waals surface area contributed by atoms with Gasteiger partial charge in [-0.3, -0.25) is 0 Å². The van der Waals surface area contributed by atoms with E-state index in [2.05, 4.69) is 5.16 Å². The number of nitrogen functional groups attached to an aromatic ring is 1. The zero-order chi connectivity index (χ0) is 10.1. The van der Waals surface area contributed by atoms with Crippen LogP contribution >= 0.6 is 0 Å². The van der Waals surface area contributed by atoms with E-state index in [1.165, 1.54) is 18.3 Å². The Morgan fingerprint density at radius 2 is 2.14 bits per heavy atom. The van der Waals surface area contributed by atoms with Gasteiger partial charge in [0, 0.05) is 0 Å². The summed E-state index contributed by atoms with van der Waals surface area (Å²) in [5.41, 5.74) is 7.81. The minimum absolute atomic E-state index is 0.207. The Balaban J connectivity index is 2.62. The highest BCUT2D eigenvalue weighted by atomic mass is 19.1. The number of benzene rings is 1. The third-order valence-electron chi connectivity index (χ3n) is 2.09. The van der Waals surface area contributed by atoms with Crippen molar-refractivity contribution in [2.24, 2.45) is 0 Å². The number of hydrogen-bond acceptors (Lipinski definition) is 3. The van der Waals surface area contributed by atoms with Crippen LogP contribution in [0.5, 0.6) is 0 Å². The van der Waals surface area contributed by atoms with Crippen molar-refractivity contribution >= 4 is 5.88 Å². The molecule has 0 aliphatic heterocycles. The SMILES string of the molecule is Cc1ccc(F)cc1-c1cnoc1N. The van der Waals surface area contributed by atoms with Crippen LogP contribution in [0.4, 0.5) is 10.3 Å². The number of halogens is 1. The van der Waals surface area contributed by atoms with E-state index < -0.39 is 0 Å². The maximum absolute atomic E-state index is 13.0. The van der Waals surface area contributed by atoms with E-state index in [1.54, 1.807) is 6.07 Å². The van der Waals surface area contributed by atoms with Crippen molar-refractivity contribution in [1.29, 1.82) is 0 Å². The standard InChI is InChI=1S/C10H9FN2O/c1-6-2-3-7(11)4-8(6)9-5-13-14-10(9)12/h2-5H,12H2,1H3. The van der Waals surface area contributed by atoms with Gasteiger partial charge >= 0.3 is 0 Å². The molecule has 1 heterocycles. The Morgan fingerprint density at radius 1 is 1.36 bits per heavy atom. The molecule has 2 N–H and O–H groups in total. The first-order valence-electron chi connectivity index (χ1n) is 4.15. The topological polar surface area (TPSA) is 52.0 Å². The van der Waals surface area contributed by atoms with Gasteiger partial charge in [-0.1, -0.05) is 11.2 Å². The van der Waals surface area contributed by atoms with Gasteiger partial charge in [0.1, 0.15) is 5.82 Å². The number of nitrogens with zero attached hydrogens (tertiary/aromatic N) is 1. The van der Waals surface area contributed by atoms with Crippen molar-refractivity contribution in [2.75, 3.05) is 5.73 Å². The predicted molar refractivity (Wildman–Crippen MR) is 51.0 cm³/mol. The van der Waals surface area contributed by atoms with E-state index in [1.807, 2.05) is 6.92 Å². The van der Waals surface area contributed by atoms with Gasteiger partial charge in [-0.05, 0) is 30.2 Å². The molecule has 72 valence electrons. The molecule has 0 saturated carbocycles. The first-order chi connectivity index (χ1) is 6.68. The summed E-state index contributed by atoms with van der Waals surface area (Å²) in [5.74, 6) is -0.0927. The van der Waals surface area contributed by atoms with Gasteiger partial charge in [0.25, 0.3) is 0 Å². The summed E-state index contributed by atoms with van der Waals surface area (Å²) in [6, 6.07) is 4.51. The summed E-state index contributed by atoms with van der Waals surface area (Å²) < 4.78 is 17.7. The second-order valence-electron chi connectivity index (χ2n) is 3.06. The Labute approximate surface area is 80.3 Å². The molecule has 0 unspecified atom stereocenters. The van der Waals surface area contributed by atoms with Gasteiger partial charge in [-0.15, -0.1) is 0 Å². The molecule has 2 aromatic rings. The lowest BCUT2D eigenvalue weighted by atomic mass is 10.0. The van der Waals surface area contributed by atoms with E-state index in [9.17, 15) is 4.39 Å². The Hall–Kier alpha value is -1.84. The second kappa shape index (κ2) is 3.14. The Kier molecular flexibility index (Phi) is 1.96. The number of anilines is 1. The van der Waals surface area contributed by atoms with E-state index in [4.69, 9.17) is 10.3 Å². The molecule has 0 atom stereocenters. The van der Waals surface area contributed by atoms with Gasteiger partial charge < -0.3 is 10.3 Å². The summed E-state index contributed by atoms with van der Waals surface area (Å²) in [6.45, 7) is 1.88. The van der Waals surface area contributed by atoms with Gasteiger partial charge in [-0.2, -0.15) is 0 Å². The molecule has 1 aromatic carbocycles. The molecular formula is C10H9FN2O. The lowest BCUT2D eigenvalue weighted by Gasteiger charge is -2.02. The Morgan fingerprint density at radius 3 is 2.79 bits per heavy atom. The Bertz CT molecular complexity index is 465. The average molecular weight is 192 g/mol. The molecule has 2 rings (SSSR count). The number of aryl methyl sites for hydroxylation is 1. The van der Waals surface area contributed by atoms with Crippen LogP contribution in [-0.4, -0.2) is 5.16 Å². The highest BCUT2D eigenvalue weighted by molar-refractivity contribution is 5.74. The minimum atomic E-state index is -0.300. The monoisotopic (exact) mass is 192 g/mol. The van der Waals surface area contributed by atoms with Crippen molar-refractivity contribution < 1.29 is 8.91 Å². The zero-order valence-corrected chi connectivity index (χ0v) is 7.62. The summed E-state index contributed by atoms with van der Waals surface area (Å²) in [7, 11) is 0. The van der Waals surface area contributed by atoms with E-state index >= 15 is 0 Å². The zero-order valence-electron chi connectivity index (χ0n) is 7.62. The van der Waals surface area contributed by atoms with E-state index in [-0.39, 0.29) is 11.7 Å². The molecule has 0 radical (unpaired) electrons. The number of rotatable bonds is 1. The highest BCUT2D eigenvalue weighted by Crippen LogP contribution is 2.28. The maximum atomic E-state index is 13.0. The van der Waals surface area contributed by atoms with Crippen molar-refractivity contribution in [2.45, 2.75) is 6.92 Å². The van der Waals surface area contributed by atoms with Crippen LogP contribution in [-0.2, 0) is 0 Å². The first-order valence-corrected chi connectivity index (χ1v) is 4.15. The molecule has 4 heteroatoms. The molecule has 14 heavy (non-hydrogen) atoms. The molecule has 0 saturated heterocycles. The molecule has 0 fully saturated rings. The number of hydrogen-bond donors (Lipinski definition) is 1. The van der Waals surface area contributed by atoms with Crippen LogP contribution in [0.25, 0.3) is 11.1 Å². The molecule has 0 aliphatic carbocycles. The van der Waals surface area contributed by atoms with Crippen LogP contribution in [0, 0.1) is 12.7 Å². The number of nitrogens with two attached hydrogens (primary N) is 1. The van der Waals surface area contributed by atoms with Gasteiger partial charge in [-0.25, -0.2) is 4.39 Å². The summed E-state index contributed by atoms with van der Waals surface area (Å²) in [6.07, 6.45) is 1.48. The molecule has 0 bridgehead atoms.